The normalized spacial score (nSPS) is 29.1. The SMILES string of the molecule is O=C1NC(=O)C2(c3nc4c(-c5ccc(C(F)(F)F)nc5)cccc4s3)C3C=CC(C3)C12. The molecule has 9 heteroatoms. The van der Waals surface area contributed by atoms with Crippen LogP contribution >= 0.6 is 11.3 Å². The molecule has 1 N–H and O–H groups in total. The van der Waals surface area contributed by atoms with Gasteiger partial charge in [0.2, 0.25) is 11.8 Å². The van der Waals surface area contributed by atoms with Crippen molar-refractivity contribution in [2.75, 3.05) is 0 Å². The molecule has 3 aromatic rings. The Kier molecular flexibility index (Phi) is 3.62. The number of fused-ring (bicyclic) bond motifs is 6. The van der Waals surface area contributed by atoms with E-state index in [1.54, 1.807) is 12.1 Å². The maximum atomic E-state index is 13.0. The number of hydrogen-bond acceptors (Lipinski definition) is 5. The minimum Gasteiger partial charge on any atom is -0.295 e. The molecule has 0 spiro atoms. The van der Waals surface area contributed by atoms with E-state index < -0.39 is 23.2 Å². The average Bonchev–Trinajstić information content (AvgIpc) is 3.49. The predicted molar refractivity (Wildman–Crippen MR) is 107 cm³/mol. The van der Waals surface area contributed by atoms with E-state index in [0.29, 0.717) is 21.7 Å². The second-order valence-corrected chi connectivity index (χ2v) is 9.19. The Morgan fingerprint density at radius 2 is 1.97 bits per heavy atom. The van der Waals surface area contributed by atoms with Crippen LogP contribution in [-0.2, 0) is 21.2 Å². The third-order valence-electron chi connectivity index (χ3n) is 6.65. The van der Waals surface area contributed by atoms with Crippen LogP contribution in [0.5, 0.6) is 0 Å². The Bertz CT molecular complexity index is 1300. The van der Waals surface area contributed by atoms with Gasteiger partial charge in [0.1, 0.15) is 16.1 Å². The van der Waals surface area contributed by atoms with E-state index in [2.05, 4.69) is 10.3 Å². The predicted octanol–water partition coefficient (Wildman–Crippen LogP) is 4.09. The van der Waals surface area contributed by atoms with Crippen LogP contribution in [-0.4, -0.2) is 21.8 Å². The molecule has 2 bridgehead atoms. The lowest BCUT2D eigenvalue weighted by atomic mass is 9.70. The van der Waals surface area contributed by atoms with Crippen molar-refractivity contribution in [3.8, 4) is 11.1 Å². The first-order valence-corrected chi connectivity index (χ1v) is 10.6. The molecule has 2 aliphatic carbocycles. The second-order valence-electron chi connectivity index (χ2n) is 8.16. The van der Waals surface area contributed by atoms with Crippen LogP contribution in [0.3, 0.4) is 0 Å². The third kappa shape index (κ3) is 2.38. The lowest BCUT2D eigenvalue weighted by molar-refractivity contribution is -0.141. The number of carbonyl (C=O) groups excluding carboxylic acids is 2. The van der Waals surface area contributed by atoms with Crippen LogP contribution in [0.25, 0.3) is 21.3 Å². The molecule has 6 rings (SSSR count). The maximum absolute atomic E-state index is 13.0. The van der Waals surface area contributed by atoms with Crippen LogP contribution < -0.4 is 5.32 Å². The summed E-state index contributed by atoms with van der Waals surface area (Å²) in [6.45, 7) is 0. The number of alkyl halides is 3. The van der Waals surface area contributed by atoms with Crippen LogP contribution in [0.1, 0.15) is 17.1 Å². The smallest absolute Gasteiger partial charge is 0.295 e. The number of nitrogens with one attached hydrogen (secondary N) is 1. The van der Waals surface area contributed by atoms with E-state index in [-0.39, 0.29) is 23.7 Å². The first kappa shape index (κ1) is 18.7. The molecular weight excluding hydrogens is 427 g/mol. The summed E-state index contributed by atoms with van der Waals surface area (Å²) in [6, 6.07) is 7.75. The number of hydrogen-bond donors (Lipinski definition) is 1. The van der Waals surface area contributed by atoms with Gasteiger partial charge in [-0.25, -0.2) is 4.98 Å². The van der Waals surface area contributed by atoms with Gasteiger partial charge >= 0.3 is 6.18 Å². The quantitative estimate of drug-likeness (QED) is 0.480. The van der Waals surface area contributed by atoms with Crippen LogP contribution in [0, 0.1) is 17.8 Å². The molecule has 3 aliphatic rings. The summed E-state index contributed by atoms with van der Waals surface area (Å²) >= 11 is 1.36. The Morgan fingerprint density at radius 1 is 1.13 bits per heavy atom. The molecule has 4 unspecified atom stereocenters. The van der Waals surface area contributed by atoms with Crippen molar-refractivity contribution in [3.05, 3.63) is 59.4 Å². The topological polar surface area (TPSA) is 72.0 Å². The van der Waals surface area contributed by atoms with Gasteiger partial charge in [0.25, 0.3) is 0 Å². The van der Waals surface area contributed by atoms with Crippen molar-refractivity contribution in [2.45, 2.75) is 18.0 Å². The number of para-hydroxylation sites is 1. The molecule has 2 amide bonds. The number of benzene rings is 1. The Hall–Kier alpha value is -3.07. The van der Waals surface area contributed by atoms with Crippen molar-refractivity contribution < 1.29 is 22.8 Å². The molecule has 156 valence electrons. The molecule has 1 saturated carbocycles. The van der Waals surface area contributed by atoms with E-state index in [1.807, 2.05) is 18.2 Å². The molecule has 31 heavy (non-hydrogen) atoms. The zero-order chi connectivity index (χ0) is 21.5. The van der Waals surface area contributed by atoms with Gasteiger partial charge in [-0.2, -0.15) is 13.2 Å². The number of carbonyl (C=O) groups is 2. The standard InChI is InChI=1S/C22H14F3N3O2S/c23-22(24,25)15-7-5-11(9-26-15)13-2-1-3-14-17(13)27-20(31-14)21-12-6-4-10(8-12)16(21)18(29)28-19(21)30/h1-7,9-10,12,16H,8H2,(H,28,29,30). The highest BCUT2D eigenvalue weighted by Gasteiger charge is 2.69. The van der Waals surface area contributed by atoms with E-state index in [0.717, 1.165) is 17.2 Å². The Morgan fingerprint density at radius 3 is 2.71 bits per heavy atom. The molecule has 0 radical (unpaired) electrons. The highest BCUT2D eigenvalue weighted by atomic mass is 32.1. The highest BCUT2D eigenvalue weighted by molar-refractivity contribution is 7.19. The third-order valence-corrected chi connectivity index (χ3v) is 7.82. The molecule has 1 saturated heterocycles. The number of aromatic nitrogens is 2. The summed E-state index contributed by atoms with van der Waals surface area (Å²) in [5.41, 5.74) is -0.229. The van der Waals surface area contributed by atoms with Crippen LogP contribution in [0.15, 0.2) is 48.7 Å². The van der Waals surface area contributed by atoms with Gasteiger partial charge in [-0.3, -0.25) is 19.9 Å². The second kappa shape index (κ2) is 6.00. The average molecular weight is 441 g/mol. The molecule has 3 heterocycles. The van der Waals surface area contributed by atoms with Crippen molar-refractivity contribution in [1.29, 1.82) is 0 Å². The van der Waals surface area contributed by atoms with Gasteiger partial charge in [0.15, 0.2) is 0 Å². The summed E-state index contributed by atoms with van der Waals surface area (Å²) < 4.78 is 39.4. The zero-order valence-corrected chi connectivity index (χ0v) is 16.6. The Labute approximate surface area is 178 Å². The van der Waals surface area contributed by atoms with Gasteiger partial charge in [-0.1, -0.05) is 30.4 Å². The number of rotatable bonds is 2. The lowest BCUT2D eigenvalue weighted by Gasteiger charge is -2.30. The first-order chi connectivity index (χ1) is 14.8. The summed E-state index contributed by atoms with van der Waals surface area (Å²) in [5.74, 6) is -1.11. The fourth-order valence-electron chi connectivity index (χ4n) is 5.35. The number of imide groups is 1. The van der Waals surface area contributed by atoms with Gasteiger partial charge in [-0.15, -0.1) is 11.3 Å². The zero-order valence-electron chi connectivity index (χ0n) is 15.8. The molecule has 4 atom stereocenters. The number of nitrogens with zero attached hydrogens (tertiary/aromatic N) is 2. The number of pyridine rings is 1. The van der Waals surface area contributed by atoms with Gasteiger partial charge in [-0.05, 0) is 30.4 Å². The maximum Gasteiger partial charge on any atom is 0.433 e. The number of halogens is 3. The monoisotopic (exact) mass is 441 g/mol. The molecule has 5 nitrogen and oxygen atoms in total. The summed E-state index contributed by atoms with van der Waals surface area (Å²) in [7, 11) is 0. The fraction of sp³-hybridized carbons (Fsp3) is 0.273. The van der Waals surface area contributed by atoms with E-state index in [1.165, 1.54) is 23.6 Å². The van der Waals surface area contributed by atoms with Crippen molar-refractivity contribution in [3.63, 3.8) is 0 Å². The van der Waals surface area contributed by atoms with Crippen LogP contribution in [0.2, 0.25) is 0 Å². The minimum atomic E-state index is -4.51. The van der Waals surface area contributed by atoms with Gasteiger partial charge in [0, 0.05) is 17.3 Å². The van der Waals surface area contributed by atoms with Crippen molar-refractivity contribution in [1.82, 2.24) is 15.3 Å². The van der Waals surface area contributed by atoms with Crippen molar-refractivity contribution >= 4 is 33.4 Å². The molecule has 2 aromatic heterocycles. The molecular formula is C22H14F3N3O2S. The fourth-order valence-corrected chi connectivity index (χ4v) is 6.64. The first-order valence-electron chi connectivity index (χ1n) is 9.77. The van der Waals surface area contributed by atoms with E-state index in [9.17, 15) is 22.8 Å². The molecule has 1 aromatic carbocycles. The van der Waals surface area contributed by atoms with E-state index in [4.69, 9.17) is 4.98 Å². The van der Waals surface area contributed by atoms with Crippen molar-refractivity contribution in [2.24, 2.45) is 17.8 Å². The van der Waals surface area contributed by atoms with E-state index >= 15 is 0 Å². The van der Waals surface area contributed by atoms with Crippen LogP contribution in [0.4, 0.5) is 13.2 Å². The summed E-state index contributed by atoms with van der Waals surface area (Å²) in [6.07, 6.45) is 1.44. The summed E-state index contributed by atoms with van der Waals surface area (Å²) in [5, 5.41) is 3.09. The van der Waals surface area contributed by atoms with Gasteiger partial charge in [0.05, 0.1) is 16.1 Å². The number of thiazole rings is 1. The number of allylic oxidation sites excluding steroid dienone is 2. The number of amides is 2. The molecule has 2 fully saturated rings. The highest BCUT2D eigenvalue weighted by Crippen LogP contribution is 2.60. The lowest BCUT2D eigenvalue weighted by Crippen LogP contribution is -2.43. The minimum absolute atomic E-state index is 0.0158. The van der Waals surface area contributed by atoms with Gasteiger partial charge < -0.3 is 0 Å². The summed E-state index contributed by atoms with van der Waals surface area (Å²) in [4.78, 5) is 33.9. The molecule has 1 aliphatic heterocycles. The largest absolute Gasteiger partial charge is 0.433 e. The Balaban J connectivity index is 1.50.